The highest BCUT2D eigenvalue weighted by Gasteiger charge is 2.07. The summed E-state index contributed by atoms with van der Waals surface area (Å²) in [5, 5.41) is 5.47. The third-order valence-electron chi connectivity index (χ3n) is 2.61. The molecule has 2 aromatic heterocycles. The van der Waals surface area contributed by atoms with Crippen molar-refractivity contribution >= 4 is 22.6 Å². The monoisotopic (exact) mass is 260 g/mol. The summed E-state index contributed by atoms with van der Waals surface area (Å²) in [5.41, 5.74) is 1.48. The minimum atomic E-state index is 0.403. The van der Waals surface area contributed by atoms with E-state index in [9.17, 15) is 0 Å². The number of aromatic nitrogens is 4. The Hall–Kier alpha value is -2.14. The lowest BCUT2D eigenvalue weighted by Gasteiger charge is -2.02. The predicted molar refractivity (Wildman–Crippen MR) is 68.2 cm³/mol. The zero-order valence-corrected chi connectivity index (χ0v) is 10.3. The maximum absolute atomic E-state index is 5.98. The van der Waals surface area contributed by atoms with Gasteiger partial charge < -0.3 is 4.74 Å². The Morgan fingerprint density at radius 1 is 1.17 bits per heavy atom. The van der Waals surface area contributed by atoms with Crippen LogP contribution in [0, 0.1) is 0 Å². The Kier molecular flexibility index (Phi) is 2.60. The standard InChI is InChI=1S/C12H9ClN4O/c1-18-9-4-2-8(3-5-9)17-6-10-11(13)14-7-15-12(10)16-17/h2-7H,1H3. The van der Waals surface area contributed by atoms with Gasteiger partial charge in [-0.3, -0.25) is 0 Å². The van der Waals surface area contributed by atoms with Crippen molar-refractivity contribution in [2.45, 2.75) is 0 Å². The van der Waals surface area contributed by atoms with Crippen LogP contribution in [0.5, 0.6) is 5.75 Å². The van der Waals surface area contributed by atoms with Gasteiger partial charge in [-0.25, -0.2) is 14.6 Å². The molecule has 0 N–H and O–H groups in total. The van der Waals surface area contributed by atoms with Crippen molar-refractivity contribution in [2.24, 2.45) is 0 Å². The maximum atomic E-state index is 5.98. The SMILES string of the molecule is COc1ccc(-n2cc3c(Cl)ncnc3n2)cc1. The van der Waals surface area contributed by atoms with Crippen molar-refractivity contribution in [1.82, 2.24) is 19.7 Å². The predicted octanol–water partition coefficient (Wildman–Crippen LogP) is 2.48. The molecule has 0 aliphatic heterocycles. The number of methoxy groups -OCH3 is 1. The molecule has 0 spiro atoms. The molecule has 0 aliphatic carbocycles. The number of hydrogen-bond donors (Lipinski definition) is 0. The number of hydrogen-bond acceptors (Lipinski definition) is 4. The maximum Gasteiger partial charge on any atom is 0.186 e. The Morgan fingerprint density at radius 2 is 1.94 bits per heavy atom. The van der Waals surface area contributed by atoms with Crippen molar-refractivity contribution < 1.29 is 4.74 Å². The van der Waals surface area contributed by atoms with Crippen LogP contribution in [0.15, 0.2) is 36.8 Å². The molecular formula is C12H9ClN4O. The molecule has 3 aromatic rings. The lowest BCUT2D eigenvalue weighted by atomic mass is 10.3. The molecule has 2 heterocycles. The smallest absolute Gasteiger partial charge is 0.186 e. The first-order valence-electron chi connectivity index (χ1n) is 5.28. The van der Waals surface area contributed by atoms with Crippen LogP contribution in [0.4, 0.5) is 0 Å². The summed E-state index contributed by atoms with van der Waals surface area (Å²) in [4.78, 5) is 7.99. The van der Waals surface area contributed by atoms with Gasteiger partial charge in [-0.05, 0) is 24.3 Å². The molecule has 0 atom stereocenters. The molecule has 1 aromatic carbocycles. The topological polar surface area (TPSA) is 52.8 Å². The largest absolute Gasteiger partial charge is 0.497 e. The van der Waals surface area contributed by atoms with Gasteiger partial charge in [0.25, 0.3) is 0 Å². The van der Waals surface area contributed by atoms with Gasteiger partial charge >= 0.3 is 0 Å². The highest BCUT2D eigenvalue weighted by molar-refractivity contribution is 6.33. The second-order valence-electron chi connectivity index (χ2n) is 3.67. The van der Waals surface area contributed by atoms with Crippen LogP contribution in [0.2, 0.25) is 5.15 Å². The Morgan fingerprint density at radius 3 is 2.61 bits per heavy atom. The molecule has 0 amide bonds. The van der Waals surface area contributed by atoms with Crippen molar-refractivity contribution in [3.8, 4) is 11.4 Å². The van der Waals surface area contributed by atoms with E-state index in [1.54, 1.807) is 18.0 Å². The van der Waals surface area contributed by atoms with Crippen molar-refractivity contribution in [1.29, 1.82) is 0 Å². The van der Waals surface area contributed by atoms with Crippen LogP contribution >= 0.6 is 11.6 Å². The minimum absolute atomic E-state index is 0.403. The number of nitrogens with zero attached hydrogens (tertiary/aromatic N) is 4. The fraction of sp³-hybridized carbons (Fsp3) is 0.0833. The summed E-state index contributed by atoms with van der Waals surface area (Å²) >= 11 is 5.98. The molecule has 0 saturated carbocycles. The summed E-state index contributed by atoms with van der Waals surface area (Å²) in [5.74, 6) is 0.799. The first-order valence-corrected chi connectivity index (χ1v) is 5.66. The second kappa shape index (κ2) is 4.27. The Labute approximate surface area is 108 Å². The van der Waals surface area contributed by atoms with Gasteiger partial charge in [-0.1, -0.05) is 11.6 Å². The molecule has 18 heavy (non-hydrogen) atoms. The van der Waals surface area contributed by atoms with Crippen LogP contribution in [0.1, 0.15) is 0 Å². The van der Waals surface area contributed by atoms with E-state index < -0.39 is 0 Å². The van der Waals surface area contributed by atoms with Gasteiger partial charge in [0.15, 0.2) is 5.65 Å². The summed E-state index contributed by atoms with van der Waals surface area (Å²) in [6.45, 7) is 0. The lowest BCUT2D eigenvalue weighted by Crippen LogP contribution is -1.94. The molecule has 90 valence electrons. The molecule has 3 rings (SSSR count). The average Bonchev–Trinajstić information content (AvgIpc) is 2.84. The summed E-state index contributed by atoms with van der Waals surface area (Å²) in [7, 11) is 1.63. The van der Waals surface area contributed by atoms with E-state index in [2.05, 4.69) is 15.1 Å². The highest BCUT2D eigenvalue weighted by Crippen LogP contribution is 2.20. The fourth-order valence-electron chi connectivity index (χ4n) is 1.68. The third-order valence-corrected chi connectivity index (χ3v) is 2.91. The Balaban J connectivity index is 2.10. The normalized spacial score (nSPS) is 10.8. The van der Waals surface area contributed by atoms with E-state index in [-0.39, 0.29) is 0 Å². The van der Waals surface area contributed by atoms with Crippen LogP contribution in [0.3, 0.4) is 0 Å². The molecule has 0 fully saturated rings. The van der Waals surface area contributed by atoms with Gasteiger partial charge in [0, 0.05) is 6.20 Å². The minimum Gasteiger partial charge on any atom is -0.497 e. The molecule has 0 radical (unpaired) electrons. The van der Waals surface area contributed by atoms with Crippen molar-refractivity contribution in [2.75, 3.05) is 7.11 Å². The zero-order chi connectivity index (χ0) is 12.5. The number of benzene rings is 1. The summed E-state index contributed by atoms with van der Waals surface area (Å²) < 4.78 is 6.82. The average molecular weight is 261 g/mol. The van der Waals surface area contributed by atoms with E-state index in [0.29, 0.717) is 10.8 Å². The zero-order valence-electron chi connectivity index (χ0n) is 9.54. The molecule has 6 heteroatoms. The van der Waals surface area contributed by atoms with Gasteiger partial charge in [0.1, 0.15) is 17.2 Å². The number of fused-ring (bicyclic) bond motifs is 1. The first kappa shape index (κ1) is 11.0. The number of ether oxygens (including phenoxy) is 1. The van der Waals surface area contributed by atoms with Gasteiger partial charge in [-0.2, -0.15) is 0 Å². The van der Waals surface area contributed by atoms with Gasteiger partial charge in [-0.15, -0.1) is 5.10 Å². The molecule has 5 nitrogen and oxygen atoms in total. The quantitative estimate of drug-likeness (QED) is 0.664. The van der Waals surface area contributed by atoms with Crippen molar-refractivity contribution in [3.05, 3.63) is 41.9 Å². The van der Waals surface area contributed by atoms with E-state index in [1.165, 1.54) is 6.33 Å². The number of rotatable bonds is 2. The fourth-order valence-corrected chi connectivity index (χ4v) is 1.85. The second-order valence-corrected chi connectivity index (χ2v) is 4.03. The highest BCUT2D eigenvalue weighted by atomic mass is 35.5. The molecular weight excluding hydrogens is 252 g/mol. The van der Waals surface area contributed by atoms with Crippen LogP contribution in [-0.2, 0) is 0 Å². The Bertz CT molecular complexity index is 693. The molecule has 0 saturated heterocycles. The number of halogens is 1. The molecule has 0 unspecified atom stereocenters. The van der Waals surface area contributed by atoms with Crippen LogP contribution in [-0.4, -0.2) is 26.9 Å². The van der Waals surface area contributed by atoms with E-state index in [0.717, 1.165) is 16.8 Å². The van der Waals surface area contributed by atoms with E-state index >= 15 is 0 Å². The van der Waals surface area contributed by atoms with Crippen molar-refractivity contribution in [3.63, 3.8) is 0 Å². The molecule has 0 bridgehead atoms. The van der Waals surface area contributed by atoms with Crippen LogP contribution < -0.4 is 4.74 Å². The third kappa shape index (κ3) is 1.78. The molecule has 0 aliphatic rings. The lowest BCUT2D eigenvalue weighted by molar-refractivity contribution is 0.414. The van der Waals surface area contributed by atoms with E-state index in [1.807, 2.05) is 24.3 Å². The van der Waals surface area contributed by atoms with Gasteiger partial charge in [0.2, 0.25) is 0 Å². The summed E-state index contributed by atoms with van der Waals surface area (Å²) in [6, 6.07) is 7.56. The van der Waals surface area contributed by atoms with Gasteiger partial charge in [0.05, 0.1) is 18.2 Å². The summed E-state index contributed by atoms with van der Waals surface area (Å²) in [6.07, 6.45) is 3.20. The van der Waals surface area contributed by atoms with Crippen LogP contribution in [0.25, 0.3) is 16.7 Å². The first-order chi connectivity index (χ1) is 8.78. The van der Waals surface area contributed by atoms with E-state index in [4.69, 9.17) is 16.3 Å².